The molecule has 21 heavy (non-hydrogen) atoms. The van der Waals surface area contributed by atoms with E-state index in [1.54, 1.807) is 20.3 Å². The van der Waals surface area contributed by atoms with Gasteiger partial charge in [-0.1, -0.05) is 30.3 Å². The van der Waals surface area contributed by atoms with Gasteiger partial charge in [0, 0.05) is 30.4 Å². The second-order valence-corrected chi connectivity index (χ2v) is 5.07. The summed E-state index contributed by atoms with van der Waals surface area (Å²) in [6.07, 6.45) is 0. The third-order valence-electron chi connectivity index (χ3n) is 3.31. The monoisotopic (exact) mass is 286 g/mol. The molecule has 112 valence electrons. The fraction of sp³-hybridized carbons (Fsp3) is 0.294. The van der Waals surface area contributed by atoms with Crippen LogP contribution in [0.15, 0.2) is 42.5 Å². The van der Waals surface area contributed by atoms with Crippen LogP contribution < -0.4 is 15.2 Å². The normalized spacial score (nSPS) is 10.7. The number of rotatable bonds is 6. The first-order valence-corrected chi connectivity index (χ1v) is 6.87. The molecule has 0 aliphatic carbocycles. The van der Waals surface area contributed by atoms with Crippen molar-refractivity contribution < 1.29 is 9.47 Å². The minimum atomic E-state index is 0.667. The van der Waals surface area contributed by atoms with Gasteiger partial charge >= 0.3 is 0 Å². The highest BCUT2D eigenvalue weighted by atomic mass is 16.5. The fourth-order valence-electron chi connectivity index (χ4n) is 2.43. The van der Waals surface area contributed by atoms with E-state index in [2.05, 4.69) is 24.1 Å². The molecule has 0 saturated heterocycles. The first-order valence-electron chi connectivity index (χ1n) is 6.87. The lowest BCUT2D eigenvalue weighted by molar-refractivity contribution is 0.303. The van der Waals surface area contributed by atoms with Crippen LogP contribution in [0.5, 0.6) is 11.5 Å². The highest BCUT2D eigenvalue weighted by molar-refractivity contribution is 5.57. The quantitative estimate of drug-likeness (QED) is 0.829. The van der Waals surface area contributed by atoms with Gasteiger partial charge in [0.05, 0.1) is 14.2 Å². The first-order chi connectivity index (χ1) is 10.1. The van der Waals surface area contributed by atoms with Crippen molar-refractivity contribution in [2.45, 2.75) is 13.1 Å². The number of ether oxygens (including phenoxy) is 2. The average Bonchev–Trinajstić information content (AvgIpc) is 2.47. The van der Waals surface area contributed by atoms with Crippen molar-refractivity contribution in [3.63, 3.8) is 0 Å². The minimum absolute atomic E-state index is 0.667. The van der Waals surface area contributed by atoms with Crippen LogP contribution in [-0.4, -0.2) is 26.2 Å². The van der Waals surface area contributed by atoms with Gasteiger partial charge in [0.15, 0.2) is 11.5 Å². The maximum atomic E-state index is 5.93. The lowest BCUT2D eigenvalue weighted by atomic mass is 10.1. The predicted octanol–water partition coefficient (Wildman–Crippen LogP) is 2.92. The Morgan fingerprint density at radius 2 is 1.71 bits per heavy atom. The van der Waals surface area contributed by atoms with Gasteiger partial charge in [0.25, 0.3) is 0 Å². The molecule has 0 saturated carbocycles. The van der Waals surface area contributed by atoms with E-state index in [0.717, 1.165) is 24.4 Å². The highest BCUT2D eigenvalue weighted by Gasteiger charge is 2.13. The summed E-state index contributed by atoms with van der Waals surface area (Å²) in [7, 11) is 5.34. The molecule has 0 aliphatic heterocycles. The Bertz CT molecular complexity index is 585. The van der Waals surface area contributed by atoms with Crippen molar-refractivity contribution in [2.24, 2.45) is 0 Å². The molecule has 4 heteroatoms. The highest BCUT2D eigenvalue weighted by Crippen LogP contribution is 2.34. The van der Waals surface area contributed by atoms with Gasteiger partial charge in [-0.25, -0.2) is 0 Å². The average molecular weight is 286 g/mol. The lowest BCUT2D eigenvalue weighted by Gasteiger charge is -2.20. The summed E-state index contributed by atoms with van der Waals surface area (Å²) in [6.45, 7) is 1.60. The van der Waals surface area contributed by atoms with E-state index in [-0.39, 0.29) is 0 Å². The fourth-order valence-corrected chi connectivity index (χ4v) is 2.43. The van der Waals surface area contributed by atoms with Gasteiger partial charge in [-0.3, -0.25) is 4.90 Å². The molecule has 0 aliphatic rings. The predicted molar refractivity (Wildman–Crippen MR) is 85.6 cm³/mol. The van der Waals surface area contributed by atoms with Gasteiger partial charge in [-0.2, -0.15) is 0 Å². The molecule has 0 aromatic heterocycles. The number of hydrogen-bond acceptors (Lipinski definition) is 4. The van der Waals surface area contributed by atoms with Crippen LogP contribution in [0.1, 0.15) is 11.1 Å². The minimum Gasteiger partial charge on any atom is -0.493 e. The van der Waals surface area contributed by atoms with Gasteiger partial charge in [-0.15, -0.1) is 0 Å². The van der Waals surface area contributed by atoms with Gasteiger partial charge in [0.2, 0.25) is 0 Å². The summed E-state index contributed by atoms with van der Waals surface area (Å²) in [5.41, 5.74) is 8.90. The van der Waals surface area contributed by atoms with Crippen LogP contribution >= 0.6 is 0 Å². The van der Waals surface area contributed by atoms with Crippen molar-refractivity contribution in [3.05, 3.63) is 53.6 Å². The summed E-state index contributed by atoms with van der Waals surface area (Å²) < 4.78 is 10.8. The van der Waals surface area contributed by atoms with Gasteiger partial charge in [0.1, 0.15) is 0 Å². The Balaban J connectivity index is 2.16. The van der Waals surface area contributed by atoms with E-state index in [4.69, 9.17) is 15.2 Å². The molecule has 4 nitrogen and oxygen atoms in total. The molecule has 0 fully saturated rings. The molecule has 0 amide bonds. The van der Waals surface area contributed by atoms with Crippen LogP contribution in [0.2, 0.25) is 0 Å². The number of anilines is 1. The SMILES string of the molecule is COc1cc(N)cc(CN(C)Cc2ccccc2)c1OC. The smallest absolute Gasteiger partial charge is 0.165 e. The number of nitrogens with two attached hydrogens (primary N) is 1. The van der Waals surface area contributed by atoms with E-state index >= 15 is 0 Å². The zero-order valence-electron chi connectivity index (χ0n) is 12.8. The molecule has 0 unspecified atom stereocenters. The number of nitrogen functional groups attached to an aromatic ring is 1. The molecule has 0 radical (unpaired) electrons. The summed E-state index contributed by atoms with van der Waals surface area (Å²) in [6, 6.07) is 14.1. The summed E-state index contributed by atoms with van der Waals surface area (Å²) >= 11 is 0. The summed E-state index contributed by atoms with van der Waals surface area (Å²) in [5, 5.41) is 0. The second-order valence-electron chi connectivity index (χ2n) is 5.07. The number of nitrogens with zero attached hydrogens (tertiary/aromatic N) is 1. The Morgan fingerprint density at radius 1 is 1.00 bits per heavy atom. The largest absolute Gasteiger partial charge is 0.493 e. The second kappa shape index (κ2) is 6.99. The standard InChI is InChI=1S/C17H22N2O2/c1-19(11-13-7-5-4-6-8-13)12-14-9-15(18)10-16(20-2)17(14)21-3/h4-10H,11-12,18H2,1-3H3. The molecular formula is C17H22N2O2. The number of benzene rings is 2. The first kappa shape index (κ1) is 15.2. The molecule has 2 aromatic rings. The van der Waals surface area contributed by atoms with Crippen LogP contribution in [0, 0.1) is 0 Å². The molecule has 2 aromatic carbocycles. The third-order valence-corrected chi connectivity index (χ3v) is 3.31. The third kappa shape index (κ3) is 3.89. The summed E-state index contributed by atoms with van der Waals surface area (Å²) in [5.74, 6) is 1.41. The van der Waals surface area contributed by atoms with Crippen LogP contribution in [0.4, 0.5) is 5.69 Å². The van der Waals surface area contributed by atoms with E-state index in [0.29, 0.717) is 11.4 Å². The van der Waals surface area contributed by atoms with Crippen molar-refractivity contribution in [2.75, 3.05) is 27.0 Å². The number of hydrogen-bond donors (Lipinski definition) is 1. The zero-order valence-corrected chi connectivity index (χ0v) is 12.8. The van der Waals surface area contributed by atoms with E-state index < -0.39 is 0 Å². The molecule has 0 atom stereocenters. The Labute approximate surface area is 126 Å². The molecule has 0 spiro atoms. The molecule has 2 rings (SSSR count). The Kier molecular flexibility index (Phi) is 5.06. The molecular weight excluding hydrogens is 264 g/mol. The van der Waals surface area contributed by atoms with Crippen molar-refractivity contribution >= 4 is 5.69 Å². The van der Waals surface area contributed by atoms with E-state index in [1.807, 2.05) is 24.3 Å². The Hall–Kier alpha value is -2.20. The van der Waals surface area contributed by atoms with Crippen LogP contribution in [0.3, 0.4) is 0 Å². The van der Waals surface area contributed by atoms with Crippen molar-refractivity contribution in [1.29, 1.82) is 0 Å². The molecule has 2 N–H and O–H groups in total. The summed E-state index contributed by atoms with van der Waals surface area (Å²) in [4.78, 5) is 2.21. The topological polar surface area (TPSA) is 47.7 Å². The molecule has 0 heterocycles. The zero-order chi connectivity index (χ0) is 15.2. The van der Waals surface area contributed by atoms with Crippen molar-refractivity contribution in [3.8, 4) is 11.5 Å². The lowest BCUT2D eigenvalue weighted by Crippen LogP contribution is -2.18. The van der Waals surface area contributed by atoms with Crippen molar-refractivity contribution in [1.82, 2.24) is 4.90 Å². The maximum absolute atomic E-state index is 5.93. The Morgan fingerprint density at radius 3 is 2.33 bits per heavy atom. The maximum Gasteiger partial charge on any atom is 0.165 e. The van der Waals surface area contributed by atoms with E-state index in [9.17, 15) is 0 Å². The molecule has 0 bridgehead atoms. The van der Waals surface area contributed by atoms with E-state index in [1.165, 1.54) is 5.56 Å². The number of methoxy groups -OCH3 is 2. The van der Waals surface area contributed by atoms with Gasteiger partial charge in [-0.05, 0) is 18.7 Å². The van der Waals surface area contributed by atoms with Crippen LogP contribution in [-0.2, 0) is 13.1 Å². The van der Waals surface area contributed by atoms with Gasteiger partial charge < -0.3 is 15.2 Å². The van der Waals surface area contributed by atoms with Crippen LogP contribution in [0.25, 0.3) is 0 Å².